The molecule has 0 bridgehead atoms. The largest absolute Gasteiger partial charge is 0.388 e. The predicted octanol–water partition coefficient (Wildman–Crippen LogP) is 2.38. The molecule has 0 spiro atoms. The van der Waals surface area contributed by atoms with E-state index in [1.807, 2.05) is 0 Å². The molecule has 11 heteroatoms. The minimum Gasteiger partial charge on any atom is -0.388 e. The molecule has 0 aromatic heterocycles. The molecule has 2 aliphatic heterocycles. The van der Waals surface area contributed by atoms with E-state index in [-0.39, 0.29) is 44.3 Å². The molecule has 1 aromatic carbocycles. The molecule has 2 N–H and O–H groups in total. The fourth-order valence-corrected chi connectivity index (χ4v) is 4.01. The second-order valence-electron chi connectivity index (χ2n) is 7.72. The Morgan fingerprint density at radius 3 is 2.65 bits per heavy atom. The van der Waals surface area contributed by atoms with Crippen LogP contribution in [0.2, 0.25) is 10.0 Å². The van der Waals surface area contributed by atoms with Gasteiger partial charge in [0.15, 0.2) is 0 Å². The van der Waals surface area contributed by atoms with Crippen molar-refractivity contribution < 1.29 is 23.9 Å². The van der Waals surface area contributed by atoms with Crippen molar-refractivity contribution in [1.82, 2.24) is 14.7 Å². The Bertz CT molecular complexity index is 858. The third-order valence-electron chi connectivity index (χ3n) is 5.63. The predicted molar refractivity (Wildman–Crippen MR) is 115 cm³/mol. The molecule has 0 saturated carbocycles. The van der Waals surface area contributed by atoms with Crippen molar-refractivity contribution in [3.63, 3.8) is 0 Å². The molecular weight excluding hydrogens is 450 g/mol. The quantitative estimate of drug-likeness (QED) is 0.700. The summed E-state index contributed by atoms with van der Waals surface area (Å²) in [6, 6.07) is 3.58. The second kappa shape index (κ2) is 10.0. The number of aliphatic hydroxyl groups excluding tert-OH is 1. The van der Waals surface area contributed by atoms with Crippen molar-refractivity contribution in [2.24, 2.45) is 0 Å². The van der Waals surface area contributed by atoms with Crippen LogP contribution in [0, 0.1) is 0 Å². The standard InChI is InChI=1S/C20H25Cl2FN4O4/c1-12-19(30)25(7-5-18(29)26-6-4-16(23)17(28)11-26)8-9-27(12)20(31)24-13-2-3-14(21)15(22)10-13/h2-3,10,12,16-17,28H,4-9,11H2,1H3,(H,24,31)/t12-,16?,17?/m0/s1. The zero-order valence-electron chi connectivity index (χ0n) is 17.1. The van der Waals surface area contributed by atoms with Crippen LogP contribution in [0.3, 0.4) is 0 Å². The summed E-state index contributed by atoms with van der Waals surface area (Å²) in [5.41, 5.74) is 0.464. The normalized spacial score (nSPS) is 24.4. The van der Waals surface area contributed by atoms with E-state index in [0.717, 1.165) is 0 Å². The fourth-order valence-electron chi connectivity index (χ4n) is 3.72. The highest BCUT2D eigenvalue weighted by molar-refractivity contribution is 6.42. The van der Waals surface area contributed by atoms with Gasteiger partial charge in [-0.1, -0.05) is 23.2 Å². The number of urea groups is 1. The second-order valence-corrected chi connectivity index (χ2v) is 8.53. The van der Waals surface area contributed by atoms with Gasteiger partial charge in [-0.3, -0.25) is 9.59 Å². The molecule has 8 nitrogen and oxygen atoms in total. The van der Waals surface area contributed by atoms with E-state index in [1.165, 1.54) is 15.9 Å². The number of piperidine rings is 1. The summed E-state index contributed by atoms with van der Waals surface area (Å²) < 4.78 is 13.4. The van der Waals surface area contributed by atoms with Gasteiger partial charge >= 0.3 is 6.03 Å². The molecule has 0 aliphatic carbocycles. The van der Waals surface area contributed by atoms with E-state index in [1.54, 1.807) is 24.0 Å². The summed E-state index contributed by atoms with van der Waals surface area (Å²) in [5.74, 6) is -0.489. The molecule has 170 valence electrons. The number of hydrogen-bond acceptors (Lipinski definition) is 4. The molecule has 1 aromatic rings. The van der Waals surface area contributed by atoms with Gasteiger partial charge in [-0.15, -0.1) is 0 Å². The van der Waals surface area contributed by atoms with Crippen molar-refractivity contribution >= 4 is 46.7 Å². The highest BCUT2D eigenvalue weighted by Crippen LogP contribution is 2.25. The lowest BCUT2D eigenvalue weighted by Crippen LogP contribution is -2.58. The average molecular weight is 475 g/mol. The SMILES string of the molecule is C[C@H]1C(=O)N(CCC(=O)N2CCC(F)C(O)C2)CCN1C(=O)Nc1ccc(Cl)c(Cl)c1. The summed E-state index contributed by atoms with van der Waals surface area (Å²) in [4.78, 5) is 42.1. The number of likely N-dealkylation sites (tertiary alicyclic amines) is 1. The highest BCUT2D eigenvalue weighted by Gasteiger charge is 2.35. The van der Waals surface area contributed by atoms with E-state index in [4.69, 9.17) is 23.2 Å². The minimum atomic E-state index is -1.31. The summed E-state index contributed by atoms with van der Waals surface area (Å²) in [6.07, 6.45) is -2.29. The lowest BCUT2D eigenvalue weighted by Gasteiger charge is -2.39. The first kappa shape index (κ1) is 23.6. The Labute approximate surface area is 189 Å². The van der Waals surface area contributed by atoms with Crippen LogP contribution in [-0.4, -0.2) is 88.7 Å². The third kappa shape index (κ3) is 5.58. The van der Waals surface area contributed by atoms with Crippen LogP contribution in [0.15, 0.2) is 18.2 Å². The summed E-state index contributed by atoms with van der Waals surface area (Å²) >= 11 is 11.8. The van der Waals surface area contributed by atoms with Crippen LogP contribution in [0.25, 0.3) is 0 Å². The molecule has 31 heavy (non-hydrogen) atoms. The van der Waals surface area contributed by atoms with Crippen LogP contribution in [0.1, 0.15) is 19.8 Å². The van der Waals surface area contributed by atoms with Gasteiger partial charge in [-0.2, -0.15) is 0 Å². The maximum absolute atomic E-state index is 13.4. The molecule has 3 rings (SSSR count). The number of carbonyl (C=O) groups excluding carboxylic acids is 3. The van der Waals surface area contributed by atoms with Gasteiger partial charge < -0.3 is 25.1 Å². The smallest absolute Gasteiger partial charge is 0.322 e. The number of rotatable bonds is 4. The molecule has 4 amide bonds. The molecular formula is C20H25Cl2FN4O4. The van der Waals surface area contributed by atoms with Crippen LogP contribution < -0.4 is 5.32 Å². The number of benzene rings is 1. The van der Waals surface area contributed by atoms with Gasteiger partial charge in [0.2, 0.25) is 11.8 Å². The Balaban J connectivity index is 1.51. The van der Waals surface area contributed by atoms with Gasteiger partial charge in [0.05, 0.1) is 10.0 Å². The maximum atomic E-state index is 13.4. The van der Waals surface area contributed by atoms with Crippen molar-refractivity contribution in [3.05, 3.63) is 28.2 Å². The number of hydrogen-bond donors (Lipinski definition) is 2. The van der Waals surface area contributed by atoms with E-state index < -0.39 is 24.3 Å². The molecule has 0 radical (unpaired) electrons. The molecule has 3 atom stereocenters. The van der Waals surface area contributed by atoms with Crippen molar-refractivity contribution in [1.29, 1.82) is 0 Å². The monoisotopic (exact) mass is 474 g/mol. The first-order valence-corrected chi connectivity index (χ1v) is 10.8. The first-order chi connectivity index (χ1) is 14.7. The van der Waals surface area contributed by atoms with Crippen LogP contribution in [0.5, 0.6) is 0 Å². The molecule has 2 aliphatic rings. The van der Waals surface area contributed by atoms with Gasteiger partial charge in [-0.05, 0) is 31.5 Å². The minimum absolute atomic E-state index is 0.0347. The van der Waals surface area contributed by atoms with Gasteiger partial charge in [0, 0.05) is 44.8 Å². The molecule has 2 heterocycles. The van der Waals surface area contributed by atoms with Gasteiger partial charge in [-0.25, -0.2) is 9.18 Å². The van der Waals surface area contributed by atoms with E-state index in [0.29, 0.717) is 28.8 Å². The van der Waals surface area contributed by atoms with Crippen LogP contribution >= 0.6 is 23.2 Å². The van der Waals surface area contributed by atoms with E-state index in [9.17, 15) is 23.9 Å². The van der Waals surface area contributed by atoms with Crippen LogP contribution in [-0.2, 0) is 9.59 Å². The maximum Gasteiger partial charge on any atom is 0.322 e. The summed E-state index contributed by atoms with van der Waals surface area (Å²) in [5, 5.41) is 13.0. The molecule has 2 unspecified atom stereocenters. The molecule has 2 fully saturated rings. The number of anilines is 1. The van der Waals surface area contributed by atoms with Crippen molar-refractivity contribution in [2.45, 2.75) is 38.1 Å². The summed E-state index contributed by atoms with van der Waals surface area (Å²) in [6.45, 7) is 2.65. The Morgan fingerprint density at radius 2 is 1.97 bits per heavy atom. The lowest BCUT2D eigenvalue weighted by molar-refractivity contribution is -0.141. The van der Waals surface area contributed by atoms with E-state index in [2.05, 4.69) is 5.32 Å². The number of carbonyl (C=O) groups is 3. The Kier molecular flexibility index (Phi) is 7.61. The average Bonchev–Trinajstić information content (AvgIpc) is 2.73. The zero-order chi connectivity index (χ0) is 22.7. The number of β-amino-alcohol motifs (C(OH)–C–C–N with tert-alkyl or cyclic N) is 1. The summed E-state index contributed by atoms with van der Waals surface area (Å²) in [7, 11) is 0. The zero-order valence-corrected chi connectivity index (χ0v) is 18.6. The topological polar surface area (TPSA) is 93.2 Å². The van der Waals surface area contributed by atoms with Crippen molar-refractivity contribution in [2.75, 3.05) is 38.0 Å². The Hall–Kier alpha value is -2.10. The fraction of sp³-hybridized carbons (Fsp3) is 0.550. The number of piperazine rings is 1. The van der Waals surface area contributed by atoms with E-state index >= 15 is 0 Å². The van der Waals surface area contributed by atoms with Gasteiger partial charge in [0.1, 0.15) is 18.3 Å². The van der Waals surface area contributed by atoms with Gasteiger partial charge in [0.25, 0.3) is 0 Å². The number of halogens is 3. The third-order valence-corrected chi connectivity index (χ3v) is 6.37. The Morgan fingerprint density at radius 1 is 1.23 bits per heavy atom. The molecule has 2 saturated heterocycles. The lowest BCUT2D eigenvalue weighted by atomic mass is 10.1. The number of amides is 4. The number of aliphatic hydroxyl groups is 1. The van der Waals surface area contributed by atoms with Crippen LogP contribution in [0.4, 0.5) is 14.9 Å². The number of nitrogens with one attached hydrogen (secondary N) is 1. The number of alkyl halides is 1. The van der Waals surface area contributed by atoms with Crippen molar-refractivity contribution in [3.8, 4) is 0 Å². The first-order valence-electron chi connectivity index (χ1n) is 10.1. The number of nitrogens with zero attached hydrogens (tertiary/aromatic N) is 3. The highest BCUT2D eigenvalue weighted by atomic mass is 35.5.